The van der Waals surface area contributed by atoms with Crippen LogP contribution in [0, 0.1) is 0 Å². The lowest BCUT2D eigenvalue weighted by atomic mass is 10.1. The number of amides is 2. The Morgan fingerprint density at radius 2 is 1.62 bits per heavy atom. The van der Waals surface area contributed by atoms with Crippen LogP contribution in [0.3, 0.4) is 0 Å². The Kier molecular flexibility index (Phi) is 3.84. The van der Waals surface area contributed by atoms with Crippen molar-refractivity contribution >= 4 is 22.6 Å². The summed E-state index contributed by atoms with van der Waals surface area (Å²) in [6.45, 7) is 0.211. The highest BCUT2D eigenvalue weighted by molar-refractivity contribution is 6.23. The van der Waals surface area contributed by atoms with Gasteiger partial charge in [0.2, 0.25) is 0 Å². The second-order valence-corrected chi connectivity index (χ2v) is 6.10. The van der Waals surface area contributed by atoms with Gasteiger partial charge in [-0.05, 0) is 34.5 Å². The van der Waals surface area contributed by atoms with Crippen molar-refractivity contribution in [3.8, 4) is 11.5 Å². The average molecular weight is 347 g/mol. The first kappa shape index (κ1) is 16.1. The molecular formula is C21H17NO4. The molecular weight excluding hydrogens is 330 g/mol. The molecule has 0 atom stereocenters. The Bertz CT molecular complexity index is 1040. The summed E-state index contributed by atoms with van der Waals surface area (Å²) in [5, 5.41) is 2.19. The van der Waals surface area contributed by atoms with E-state index in [4.69, 9.17) is 9.47 Å². The van der Waals surface area contributed by atoms with Crippen molar-refractivity contribution in [1.82, 2.24) is 4.90 Å². The average Bonchev–Trinajstić information content (AvgIpc) is 2.92. The highest BCUT2D eigenvalue weighted by Crippen LogP contribution is 2.38. The number of fused-ring (bicyclic) bond motifs is 2. The number of benzene rings is 3. The number of hydrogen-bond acceptors (Lipinski definition) is 4. The van der Waals surface area contributed by atoms with Crippen LogP contribution in [0.4, 0.5) is 0 Å². The molecule has 3 aromatic rings. The number of hydrogen-bond donors (Lipinski definition) is 0. The molecule has 0 bridgehead atoms. The lowest BCUT2D eigenvalue weighted by molar-refractivity contribution is 0.0641. The third-order valence-corrected chi connectivity index (χ3v) is 4.63. The first-order valence-electron chi connectivity index (χ1n) is 8.23. The first-order chi connectivity index (χ1) is 12.6. The SMILES string of the molecule is COc1ccc2c(c1OC)C(=O)N(Cc1ccc3ccccc3c1)C2=O. The van der Waals surface area contributed by atoms with Gasteiger partial charge in [-0.25, -0.2) is 0 Å². The summed E-state index contributed by atoms with van der Waals surface area (Å²) in [5.74, 6) is 0.0392. The van der Waals surface area contributed by atoms with E-state index >= 15 is 0 Å². The molecule has 0 unspecified atom stereocenters. The smallest absolute Gasteiger partial charge is 0.265 e. The Morgan fingerprint density at radius 3 is 2.35 bits per heavy atom. The van der Waals surface area contributed by atoms with Crippen molar-refractivity contribution in [2.24, 2.45) is 0 Å². The molecule has 4 rings (SSSR count). The van der Waals surface area contributed by atoms with E-state index < -0.39 is 0 Å². The molecule has 0 radical (unpaired) electrons. The van der Waals surface area contributed by atoms with Gasteiger partial charge in [0.15, 0.2) is 11.5 Å². The van der Waals surface area contributed by atoms with Crippen molar-refractivity contribution < 1.29 is 19.1 Å². The highest BCUT2D eigenvalue weighted by atomic mass is 16.5. The van der Waals surface area contributed by atoms with Crippen LogP contribution in [0.1, 0.15) is 26.3 Å². The van der Waals surface area contributed by atoms with Crippen molar-refractivity contribution in [1.29, 1.82) is 0 Å². The molecule has 26 heavy (non-hydrogen) atoms. The predicted molar refractivity (Wildman–Crippen MR) is 97.7 cm³/mol. The van der Waals surface area contributed by atoms with E-state index in [-0.39, 0.29) is 23.9 Å². The van der Waals surface area contributed by atoms with Gasteiger partial charge in [0.05, 0.1) is 31.9 Å². The van der Waals surface area contributed by atoms with Crippen molar-refractivity contribution in [3.05, 3.63) is 71.3 Å². The number of carbonyl (C=O) groups excluding carboxylic acids is 2. The largest absolute Gasteiger partial charge is 0.493 e. The monoisotopic (exact) mass is 347 g/mol. The predicted octanol–water partition coefficient (Wildman–Crippen LogP) is 3.65. The topological polar surface area (TPSA) is 55.8 Å². The molecule has 3 aromatic carbocycles. The lowest BCUT2D eigenvalue weighted by Crippen LogP contribution is -2.29. The fourth-order valence-corrected chi connectivity index (χ4v) is 3.35. The second-order valence-electron chi connectivity index (χ2n) is 6.10. The molecule has 0 N–H and O–H groups in total. The van der Waals surface area contributed by atoms with E-state index in [1.54, 1.807) is 12.1 Å². The maximum absolute atomic E-state index is 12.9. The lowest BCUT2D eigenvalue weighted by Gasteiger charge is -2.14. The van der Waals surface area contributed by atoms with Gasteiger partial charge >= 0.3 is 0 Å². The van der Waals surface area contributed by atoms with E-state index in [2.05, 4.69) is 0 Å². The first-order valence-corrected chi connectivity index (χ1v) is 8.23. The third-order valence-electron chi connectivity index (χ3n) is 4.63. The minimum Gasteiger partial charge on any atom is -0.493 e. The summed E-state index contributed by atoms with van der Waals surface area (Å²) in [7, 11) is 2.96. The van der Waals surface area contributed by atoms with Crippen LogP contribution >= 0.6 is 0 Å². The summed E-state index contributed by atoms with van der Waals surface area (Å²) in [4.78, 5) is 26.9. The minimum absolute atomic E-state index is 0.211. The van der Waals surface area contributed by atoms with Crippen molar-refractivity contribution in [2.75, 3.05) is 14.2 Å². The molecule has 0 fully saturated rings. The van der Waals surface area contributed by atoms with Gasteiger partial charge in [-0.1, -0.05) is 36.4 Å². The Morgan fingerprint density at radius 1 is 0.846 bits per heavy atom. The highest BCUT2D eigenvalue weighted by Gasteiger charge is 2.39. The van der Waals surface area contributed by atoms with Crippen LogP contribution in [0.15, 0.2) is 54.6 Å². The van der Waals surface area contributed by atoms with Gasteiger partial charge in [0, 0.05) is 0 Å². The Hall–Kier alpha value is -3.34. The molecule has 1 heterocycles. The molecule has 5 heteroatoms. The molecule has 0 aliphatic carbocycles. The summed E-state index contributed by atoms with van der Waals surface area (Å²) in [5.41, 5.74) is 1.50. The number of imide groups is 1. The van der Waals surface area contributed by atoms with Crippen LogP contribution in [-0.2, 0) is 6.54 Å². The molecule has 1 aliphatic heterocycles. The van der Waals surface area contributed by atoms with Gasteiger partial charge in [-0.2, -0.15) is 0 Å². The quantitative estimate of drug-likeness (QED) is 0.676. The molecule has 0 saturated carbocycles. The van der Waals surface area contributed by atoms with Crippen LogP contribution in [0.2, 0.25) is 0 Å². The van der Waals surface area contributed by atoms with Crippen LogP contribution < -0.4 is 9.47 Å². The summed E-state index contributed by atoms with van der Waals surface area (Å²) < 4.78 is 10.6. The third kappa shape index (κ3) is 2.40. The molecule has 0 spiro atoms. The summed E-state index contributed by atoms with van der Waals surface area (Å²) in [6, 6.07) is 17.1. The van der Waals surface area contributed by atoms with Gasteiger partial charge in [-0.3, -0.25) is 14.5 Å². The number of rotatable bonds is 4. The van der Waals surface area contributed by atoms with E-state index in [9.17, 15) is 9.59 Å². The molecule has 130 valence electrons. The number of ether oxygens (including phenoxy) is 2. The van der Waals surface area contributed by atoms with Crippen molar-refractivity contribution in [3.63, 3.8) is 0 Å². The van der Waals surface area contributed by atoms with E-state index in [1.165, 1.54) is 19.1 Å². The maximum Gasteiger partial charge on any atom is 0.265 e. The fourth-order valence-electron chi connectivity index (χ4n) is 3.35. The Balaban J connectivity index is 1.71. The molecule has 1 aliphatic rings. The number of methoxy groups -OCH3 is 2. The molecule has 2 amide bonds. The van der Waals surface area contributed by atoms with Gasteiger partial charge < -0.3 is 9.47 Å². The molecule has 0 saturated heterocycles. The standard InChI is InChI=1S/C21H17NO4/c1-25-17-10-9-16-18(19(17)26-2)21(24)22(20(16)23)12-13-7-8-14-5-3-4-6-15(14)11-13/h3-11H,12H2,1-2H3. The second kappa shape index (κ2) is 6.19. The number of nitrogens with zero attached hydrogens (tertiary/aromatic N) is 1. The zero-order valence-electron chi connectivity index (χ0n) is 14.5. The van der Waals surface area contributed by atoms with Crippen molar-refractivity contribution in [2.45, 2.75) is 6.54 Å². The van der Waals surface area contributed by atoms with Crippen LogP contribution in [0.5, 0.6) is 11.5 Å². The van der Waals surface area contributed by atoms with E-state index in [1.807, 2.05) is 42.5 Å². The van der Waals surface area contributed by atoms with Crippen LogP contribution in [0.25, 0.3) is 10.8 Å². The Labute approximate surface area is 150 Å². The van der Waals surface area contributed by atoms with E-state index in [0.717, 1.165) is 16.3 Å². The maximum atomic E-state index is 12.9. The molecule has 5 nitrogen and oxygen atoms in total. The zero-order valence-corrected chi connectivity index (χ0v) is 14.5. The zero-order chi connectivity index (χ0) is 18.3. The van der Waals surface area contributed by atoms with Crippen LogP contribution in [-0.4, -0.2) is 30.9 Å². The molecule has 0 aromatic heterocycles. The van der Waals surface area contributed by atoms with Gasteiger partial charge in [0.1, 0.15) is 0 Å². The van der Waals surface area contributed by atoms with Gasteiger partial charge in [0.25, 0.3) is 11.8 Å². The normalized spacial score (nSPS) is 13.2. The minimum atomic E-state index is -0.367. The number of carbonyl (C=O) groups is 2. The van der Waals surface area contributed by atoms with Gasteiger partial charge in [-0.15, -0.1) is 0 Å². The fraction of sp³-hybridized carbons (Fsp3) is 0.143. The summed E-state index contributed by atoms with van der Waals surface area (Å²) in [6.07, 6.45) is 0. The van der Waals surface area contributed by atoms with E-state index in [0.29, 0.717) is 17.1 Å². The summed E-state index contributed by atoms with van der Waals surface area (Å²) >= 11 is 0.